The first kappa shape index (κ1) is 13.5. The molecule has 0 fully saturated rings. The van der Waals surface area contributed by atoms with Crippen molar-refractivity contribution in [3.05, 3.63) is 33.3 Å². The van der Waals surface area contributed by atoms with Crippen molar-refractivity contribution >= 4 is 33.4 Å². The third-order valence-corrected chi connectivity index (χ3v) is 3.38. The van der Waals surface area contributed by atoms with Crippen molar-refractivity contribution in [3.63, 3.8) is 0 Å². The van der Waals surface area contributed by atoms with Gasteiger partial charge in [0.1, 0.15) is 0 Å². The summed E-state index contributed by atoms with van der Waals surface area (Å²) in [5, 5.41) is 6.29. The molecule has 0 unspecified atom stereocenters. The molecule has 0 aliphatic rings. The monoisotopic (exact) mass is 304 g/mol. The first-order valence-electron chi connectivity index (χ1n) is 5.03. The van der Waals surface area contributed by atoms with Crippen LogP contribution in [0.1, 0.15) is 16.8 Å². The third kappa shape index (κ3) is 3.77. The smallest absolute Gasteiger partial charge is 0.252 e. The molecular weight excluding hydrogens is 291 g/mol. The minimum Gasteiger partial charge on any atom is -0.352 e. The van der Waals surface area contributed by atoms with E-state index >= 15 is 0 Å². The van der Waals surface area contributed by atoms with Crippen LogP contribution in [0.25, 0.3) is 0 Å². The number of carbonyl (C=O) groups is 1. The Bertz CT molecular complexity index is 371. The van der Waals surface area contributed by atoms with Crippen molar-refractivity contribution in [1.82, 2.24) is 10.6 Å². The summed E-state index contributed by atoms with van der Waals surface area (Å²) in [5.74, 6) is -0.137. The Morgan fingerprint density at radius 3 is 2.88 bits per heavy atom. The fraction of sp³-hybridized carbons (Fsp3) is 0.364. The second-order valence-electron chi connectivity index (χ2n) is 3.31. The van der Waals surface area contributed by atoms with Crippen LogP contribution < -0.4 is 10.6 Å². The van der Waals surface area contributed by atoms with E-state index in [2.05, 4.69) is 26.6 Å². The Kier molecular flexibility index (Phi) is 5.80. The van der Waals surface area contributed by atoms with Crippen LogP contribution in [0.15, 0.2) is 22.7 Å². The number of amides is 1. The highest BCUT2D eigenvalue weighted by Crippen LogP contribution is 2.25. The molecule has 0 saturated carbocycles. The molecule has 1 aromatic carbocycles. The van der Waals surface area contributed by atoms with Gasteiger partial charge in [0.25, 0.3) is 5.91 Å². The van der Waals surface area contributed by atoms with Crippen molar-refractivity contribution < 1.29 is 4.79 Å². The summed E-state index contributed by atoms with van der Waals surface area (Å²) >= 11 is 9.29. The Labute approximate surface area is 109 Å². The number of halogens is 2. The van der Waals surface area contributed by atoms with Gasteiger partial charge in [-0.15, -0.1) is 0 Å². The minimum absolute atomic E-state index is 0.137. The van der Waals surface area contributed by atoms with Gasteiger partial charge >= 0.3 is 0 Å². The van der Waals surface area contributed by atoms with Crippen molar-refractivity contribution in [2.75, 3.05) is 20.1 Å². The summed E-state index contributed by atoms with van der Waals surface area (Å²) in [6.45, 7) is 1.52. The van der Waals surface area contributed by atoms with E-state index in [0.717, 1.165) is 17.4 Å². The van der Waals surface area contributed by atoms with Crippen LogP contribution in [-0.2, 0) is 0 Å². The lowest BCUT2D eigenvalue weighted by Gasteiger charge is -2.07. The second kappa shape index (κ2) is 6.89. The van der Waals surface area contributed by atoms with Crippen molar-refractivity contribution in [2.24, 2.45) is 0 Å². The van der Waals surface area contributed by atoms with Gasteiger partial charge in [-0.3, -0.25) is 4.79 Å². The average Bonchev–Trinajstić information content (AvgIpc) is 2.28. The number of hydrogen-bond acceptors (Lipinski definition) is 2. The molecule has 0 heterocycles. The van der Waals surface area contributed by atoms with E-state index in [-0.39, 0.29) is 5.91 Å². The summed E-state index contributed by atoms with van der Waals surface area (Å²) in [6.07, 6.45) is 0.897. The first-order chi connectivity index (χ1) is 7.66. The molecule has 0 aliphatic carbocycles. The quantitative estimate of drug-likeness (QED) is 0.821. The number of hydrogen-bond donors (Lipinski definition) is 2. The van der Waals surface area contributed by atoms with Crippen LogP contribution in [0.5, 0.6) is 0 Å². The summed E-state index contributed by atoms with van der Waals surface area (Å²) < 4.78 is 0.733. The van der Waals surface area contributed by atoms with Crippen molar-refractivity contribution in [1.29, 1.82) is 0 Å². The van der Waals surface area contributed by atoms with Crippen molar-refractivity contribution in [3.8, 4) is 0 Å². The van der Waals surface area contributed by atoms with E-state index in [1.807, 2.05) is 7.05 Å². The number of rotatable bonds is 5. The van der Waals surface area contributed by atoms with Crippen LogP contribution in [0, 0.1) is 0 Å². The Morgan fingerprint density at radius 2 is 2.19 bits per heavy atom. The molecule has 0 aliphatic heterocycles. The number of carbonyl (C=O) groups excluding carboxylic acids is 1. The first-order valence-corrected chi connectivity index (χ1v) is 6.20. The summed E-state index contributed by atoms with van der Waals surface area (Å²) in [7, 11) is 1.88. The highest BCUT2D eigenvalue weighted by molar-refractivity contribution is 9.10. The van der Waals surface area contributed by atoms with E-state index in [4.69, 9.17) is 11.6 Å². The molecule has 1 aromatic rings. The van der Waals surface area contributed by atoms with Gasteiger partial charge in [0, 0.05) is 11.0 Å². The van der Waals surface area contributed by atoms with Crippen LogP contribution in [0.4, 0.5) is 0 Å². The van der Waals surface area contributed by atoms with Gasteiger partial charge in [-0.2, -0.15) is 0 Å². The van der Waals surface area contributed by atoms with Gasteiger partial charge in [0.15, 0.2) is 0 Å². The fourth-order valence-corrected chi connectivity index (χ4v) is 1.82. The topological polar surface area (TPSA) is 41.1 Å². The zero-order valence-corrected chi connectivity index (χ0v) is 11.4. The Morgan fingerprint density at radius 1 is 1.44 bits per heavy atom. The maximum absolute atomic E-state index is 11.7. The molecular formula is C11H14BrClN2O. The largest absolute Gasteiger partial charge is 0.352 e. The van der Waals surface area contributed by atoms with Gasteiger partial charge in [-0.25, -0.2) is 0 Å². The maximum atomic E-state index is 11.7. The SMILES string of the molecule is CNCCCNC(=O)c1cccc(Br)c1Cl. The number of nitrogens with one attached hydrogen (secondary N) is 2. The lowest BCUT2D eigenvalue weighted by atomic mass is 10.2. The molecule has 3 nitrogen and oxygen atoms in total. The Hall–Kier alpha value is -0.580. The van der Waals surface area contributed by atoms with Gasteiger partial charge in [0.2, 0.25) is 0 Å². The van der Waals surface area contributed by atoms with Crippen LogP contribution in [0.3, 0.4) is 0 Å². The lowest BCUT2D eigenvalue weighted by molar-refractivity contribution is 0.0953. The van der Waals surface area contributed by atoms with Gasteiger partial charge < -0.3 is 10.6 Å². The molecule has 0 aromatic heterocycles. The van der Waals surface area contributed by atoms with E-state index in [1.54, 1.807) is 18.2 Å². The van der Waals surface area contributed by atoms with E-state index < -0.39 is 0 Å². The van der Waals surface area contributed by atoms with Crippen LogP contribution in [-0.4, -0.2) is 26.0 Å². The molecule has 0 radical (unpaired) electrons. The highest BCUT2D eigenvalue weighted by Gasteiger charge is 2.11. The molecule has 5 heteroatoms. The summed E-state index contributed by atoms with van der Waals surface area (Å²) in [6, 6.07) is 5.30. The average molecular weight is 306 g/mol. The molecule has 0 spiro atoms. The molecule has 0 saturated heterocycles. The minimum atomic E-state index is -0.137. The fourth-order valence-electron chi connectivity index (χ4n) is 1.24. The summed E-state index contributed by atoms with van der Waals surface area (Å²) in [5.41, 5.74) is 0.500. The molecule has 1 amide bonds. The van der Waals surface area contributed by atoms with Gasteiger partial charge in [-0.05, 0) is 48.1 Å². The molecule has 2 N–H and O–H groups in total. The highest BCUT2D eigenvalue weighted by atomic mass is 79.9. The lowest BCUT2D eigenvalue weighted by Crippen LogP contribution is -2.26. The second-order valence-corrected chi connectivity index (χ2v) is 4.55. The summed E-state index contributed by atoms with van der Waals surface area (Å²) in [4.78, 5) is 11.7. The van der Waals surface area contributed by atoms with Crippen LogP contribution in [0.2, 0.25) is 5.02 Å². The standard InChI is InChI=1S/C11H14BrClN2O/c1-14-6-3-7-15-11(16)8-4-2-5-9(12)10(8)13/h2,4-5,14H,3,6-7H2,1H3,(H,15,16). The van der Waals surface area contributed by atoms with Gasteiger partial charge in [0.05, 0.1) is 10.6 Å². The molecule has 88 valence electrons. The third-order valence-electron chi connectivity index (χ3n) is 2.09. The van der Waals surface area contributed by atoms with E-state index in [0.29, 0.717) is 17.1 Å². The molecule has 16 heavy (non-hydrogen) atoms. The van der Waals surface area contributed by atoms with E-state index in [1.165, 1.54) is 0 Å². The predicted molar refractivity (Wildman–Crippen MR) is 70.0 cm³/mol. The maximum Gasteiger partial charge on any atom is 0.252 e. The molecule has 0 atom stereocenters. The molecule has 1 rings (SSSR count). The number of benzene rings is 1. The zero-order chi connectivity index (χ0) is 12.0. The Balaban J connectivity index is 2.56. The predicted octanol–water partition coefficient (Wildman–Crippen LogP) is 2.44. The zero-order valence-electron chi connectivity index (χ0n) is 9.02. The van der Waals surface area contributed by atoms with Crippen molar-refractivity contribution in [2.45, 2.75) is 6.42 Å². The van der Waals surface area contributed by atoms with E-state index in [9.17, 15) is 4.79 Å². The molecule has 0 bridgehead atoms. The normalized spacial score (nSPS) is 10.2. The van der Waals surface area contributed by atoms with Gasteiger partial charge in [-0.1, -0.05) is 17.7 Å². The van der Waals surface area contributed by atoms with Crippen LogP contribution >= 0.6 is 27.5 Å².